The average molecular weight is 430 g/mol. The maximum atomic E-state index is 12.3. The van der Waals surface area contributed by atoms with E-state index in [-0.39, 0.29) is 5.91 Å². The number of H-pyrrole nitrogens is 1. The van der Waals surface area contributed by atoms with Crippen LogP contribution in [0.4, 0.5) is 0 Å². The third kappa shape index (κ3) is 4.49. The quantitative estimate of drug-likeness (QED) is 0.598. The number of methoxy groups -OCH3 is 2. The number of carbonyl (C=O) groups excluding carboxylic acids is 1. The molecule has 1 amide bonds. The Labute approximate surface area is 166 Å². The lowest BCUT2D eigenvalue weighted by molar-refractivity contribution is 0.0949. The molecular weight excluding hydrogens is 410 g/mol. The Bertz CT molecular complexity index is 925. The smallest absolute Gasteiger partial charge is 0.269 e. The average Bonchev–Trinajstić information content (AvgIpc) is 3.20. The van der Waals surface area contributed by atoms with Crippen LogP contribution in [0.3, 0.4) is 0 Å². The molecule has 0 saturated heterocycles. The van der Waals surface area contributed by atoms with Crippen molar-refractivity contribution in [3.05, 3.63) is 64.3 Å². The Kier molecular flexibility index (Phi) is 6.13. The predicted molar refractivity (Wildman–Crippen MR) is 107 cm³/mol. The van der Waals surface area contributed by atoms with Gasteiger partial charge in [-0.1, -0.05) is 46.3 Å². The molecule has 0 spiro atoms. The molecular formula is C20H20BrN3O3. The van der Waals surface area contributed by atoms with E-state index in [1.807, 2.05) is 42.5 Å². The number of nitrogens with zero attached hydrogens (tertiary/aromatic N) is 1. The molecule has 1 aromatic heterocycles. The molecule has 2 aromatic carbocycles. The molecule has 0 fully saturated rings. The van der Waals surface area contributed by atoms with Crippen molar-refractivity contribution >= 4 is 21.8 Å². The Morgan fingerprint density at radius 2 is 1.81 bits per heavy atom. The SMILES string of the molecule is COc1cc(Br)c(CCNC(=O)c2cc(-c3ccccc3)n[nH]2)cc1OC. The zero-order valence-electron chi connectivity index (χ0n) is 15.1. The van der Waals surface area contributed by atoms with Gasteiger partial charge >= 0.3 is 0 Å². The molecule has 0 aliphatic rings. The van der Waals surface area contributed by atoms with Crippen molar-refractivity contribution in [3.8, 4) is 22.8 Å². The number of benzene rings is 2. The first kappa shape index (κ1) is 19.0. The van der Waals surface area contributed by atoms with Crippen LogP contribution < -0.4 is 14.8 Å². The van der Waals surface area contributed by atoms with E-state index in [4.69, 9.17) is 9.47 Å². The third-order valence-electron chi connectivity index (χ3n) is 4.12. The van der Waals surface area contributed by atoms with E-state index < -0.39 is 0 Å². The van der Waals surface area contributed by atoms with Gasteiger partial charge in [0.2, 0.25) is 0 Å². The van der Waals surface area contributed by atoms with Crippen molar-refractivity contribution in [3.63, 3.8) is 0 Å². The standard InChI is InChI=1S/C20H20BrN3O3/c1-26-18-10-14(15(21)11-19(18)27-2)8-9-22-20(25)17-12-16(23-24-17)13-6-4-3-5-7-13/h3-7,10-12H,8-9H2,1-2H3,(H,22,25)(H,23,24). The molecule has 1 heterocycles. The van der Waals surface area contributed by atoms with Crippen LogP contribution in [-0.4, -0.2) is 36.9 Å². The van der Waals surface area contributed by atoms with Crippen LogP contribution in [0.1, 0.15) is 16.1 Å². The van der Waals surface area contributed by atoms with Gasteiger partial charge in [-0.25, -0.2) is 0 Å². The van der Waals surface area contributed by atoms with Crippen LogP contribution in [0.2, 0.25) is 0 Å². The van der Waals surface area contributed by atoms with Crippen LogP contribution in [0.5, 0.6) is 11.5 Å². The second-order valence-electron chi connectivity index (χ2n) is 5.84. The van der Waals surface area contributed by atoms with Crippen LogP contribution in [-0.2, 0) is 6.42 Å². The summed E-state index contributed by atoms with van der Waals surface area (Å²) in [7, 11) is 3.19. The fourth-order valence-electron chi connectivity index (χ4n) is 2.69. The summed E-state index contributed by atoms with van der Waals surface area (Å²) in [6.07, 6.45) is 0.645. The highest BCUT2D eigenvalue weighted by Crippen LogP contribution is 2.33. The molecule has 2 N–H and O–H groups in total. The summed E-state index contributed by atoms with van der Waals surface area (Å²) >= 11 is 3.53. The van der Waals surface area contributed by atoms with Gasteiger partial charge < -0.3 is 14.8 Å². The summed E-state index contributed by atoms with van der Waals surface area (Å²) in [5, 5.41) is 9.90. The zero-order chi connectivity index (χ0) is 19.2. The van der Waals surface area contributed by atoms with Crippen molar-refractivity contribution in [2.75, 3.05) is 20.8 Å². The highest BCUT2D eigenvalue weighted by atomic mass is 79.9. The van der Waals surface area contributed by atoms with Gasteiger partial charge in [-0.2, -0.15) is 5.10 Å². The van der Waals surface area contributed by atoms with Gasteiger partial charge in [-0.05, 0) is 30.2 Å². The molecule has 0 aliphatic carbocycles. The van der Waals surface area contributed by atoms with Gasteiger partial charge in [-0.3, -0.25) is 9.89 Å². The number of nitrogens with one attached hydrogen (secondary N) is 2. The molecule has 7 heteroatoms. The van der Waals surface area contributed by atoms with E-state index in [1.54, 1.807) is 20.3 Å². The fraction of sp³-hybridized carbons (Fsp3) is 0.200. The number of hydrogen-bond acceptors (Lipinski definition) is 4. The first-order chi connectivity index (χ1) is 13.1. The first-order valence-corrected chi connectivity index (χ1v) is 9.21. The lowest BCUT2D eigenvalue weighted by Crippen LogP contribution is -2.26. The Morgan fingerprint density at radius 3 is 2.52 bits per heavy atom. The molecule has 27 heavy (non-hydrogen) atoms. The van der Waals surface area contributed by atoms with Crippen molar-refractivity contribution < 1.29 is 14.3 Å². The number of halogens is 1. The first-order valence-electron chi connectivity index (χ1n) is 8.41. The summed E-state index contributed by atoms with van der Waals surface area (Å²) in [5.41, 5.74) is 3.15. The van der Waals surface area contributed by atoms with E-state index in [1.165, 1.54) is 0 Å². The minimum Gasteiger partial charge on any atom is -0.493 e. The largest absolute Gasteiger partial charge is 0.493 e. The van der Waals surface area contributed by atoms with Crippen molar-refractivity contribution in [2.45, 2.75) is 6.42 Å². The Hall–Kier alpha value is -2.80. The number of aromatic amines is 1. The number of amides is 1. The van der Waals surface area contributed by atoms with Crippen LogP contribution in [0.25, 0.3) is 11.3 Å². The predicted octanol–water partition coefficient (Wildman–Crippen LogP) is 3.83. The normalized spacial score (nSPS) is 10.5. The monoisotopic (exact) mass is 429 g/mol. The second-order valence-corrected chi connectivity index (χ2v) is 6.69. The summed E-state index contributed by atoms with van der Waals surface area (Å²) in [4.78, 5) is 12.3. The Morgan fingerprint density at radius 1 is 1.11 bits per heavy atom. The van der Waals surface area contributed by atoms with Gasteiger partial charge in [0, 0.05) is 16.6 Å². The van der Waals surface area contributed by atoms with E-state index >= 15 is 0 Å². The van der Waals surface area contributed by atoms with Gasteiger partial charge in [0.25, 0.3) is 5.91 Å². The maximum absolute atomic E-state index is 12.3. The summed E-state index contributed by atoms with van der Waals surface area (Å²) in [6.45, 7) is 0.479. The molecule has 0 aliphatic heterocycles. The topological polar surface area (TPSA) is 76.2 Å². The minimum absolute atomic E-state index is 0.193. The van der Waals surface area contributed by atoms with E-state index in [0.717, 1.165) is 21.3 Å². The molecule has 0 saturated carbocycles. The molecule has 0 atom stereocenters. The fourth-order valence-corrected chi connectivity index (χ4v) is 3.21. The van der Waals surface area contributed by atoms with Crippen molar-refractivity contribution in [1.29, 1.82) is 0 Å². The van der Waals surface area contributed by atoms with Gasteiger partial charge in [0.1, 0.15) is 5.69 Å². The number of carbonyl (C=O) groups is 1. The molecule has 6 nitrogen and oxygen atoms in total. The number of rotatable bonds is 7. The van der Waals surface area contributed by atoms with Crippen molar-refractivity contribution in [2.24, 2.45) is 0 Å². The summed E-state index contributed by atoms with van der Waals surface area (Å²) in [5.74, 6) is 1.12. The van der Waals surface area contributed by atoms with E-state index in [2.05, 4.69) is 31.4 Å². The summed E-state index contributed by atoms with van der Waals surface area (Å²) in [6, 6.07) is 15.2. The van der Waals surface area contributed by atoms with Crippen molar-refractivity contribution in [1.82, 2.24) is 15.5 Å². The van der Waals surface area contributed by atoms with Crippen LogP contribution in [0, 0.1) is 0 Å². The molecule has 0 radical (unpaired) electrons. The molecule has 3 rings (SSSR count). The van der Waals surface area contributed by atoms with Gasteiger partial charge in [0.15, 0.2) is 11.5 Å². The maximum Gasteiger partial charge on any atom is 0.269 e. The van der Waals surface area contributed by atoms with Crippen LogP contribution in [0.15, 0.2) is 53.0 Å². The molecule has 140 valence electrons. The van der Waals surface area contributed by atoms with E-state index in [0.29, 0.717) is 30.2 Å². The lowest BCUT2D eigenvalue weighted by atomic mass is 10.1. The summed E-state index contributed by atoms with van der Waals surface area (Å²) < 4.78 is 11.5. The number of ether oxygens (including phenoxy) is 2. The lowest BCUT2D eigenvalue weighted by Gasteiger charge is -2.12. The molecule has 3 aromatic rings. The molecule has 0 bridgehead atoms. The van der Waals surface area contributed by atoms with Gasteiger partial charge in [0.05, 0.1) is 19.9 Å². The number of aromatic nitrogens is 2. The van der Waals surface area contributed by atoms with E-state index in [9.17, 15) is 4.79 Å². The highest BCUT2D eigenvalue weighted by Gasteiger charge is 2.12. The zero-order valence-corrected chi connectivity index (χ0v) is 16.7. The third-order valence-corrected chi connectivity index (χ3v) is 4.86. The number of hydrogen-bond donors (Lipinski definition) is 2. The highest BCUT2D eigenvalue weighted by molar-refractivity contribution is 9.10. The van der Waals surface area contributed by atoms with Crippen LogP contribution >= 0.6 is 15.9 Å². The Balaban J connectivity index is 1.61. The second kappa shape index (κ2) is 8.73. The van der Waals surface area contributed by atoms with Gasteiger partial charge in [-0.15, -0.1) is 0 Å². The molecule has 0 unspecified atom stereocenters. The minimum atomic E-state index is -0.193.